The summed E-state index contributed by atoms with van der Waals surface area (Å²) in [5, 5.41) is 0. The van der Waals surface area contributed by atoms with Crippen molar-refractivity contribution in [2.24, 2.45) is 0 Å². The van der Waals surface area contributed by atoms with Gasteiger partial charge in [0.2, 0.25) is 0 Å². The van der Waals surface area contributed by atoms with Crippen molar-refractivity contribution in [1.29, 1.82) is 0 Å². The minimum absolute atomic E-state index is 0.235. The molecule has 2 rings (SSSR count). The molecule has 19 heavy (non-hydrogen) atoms. The van der Waals surface area contributed by atoms with Crippen molar-refractivity contribution in [2.45, 2.75) is 43.8 Å². The standard InChI is InChI=1S/C15H21BO2S/c1-14(2)15(3,4)18-16(17-14)11-8-12-19-13-9-6-5-7-10-13/h5-11H,12H2,1-4H3/b11-8+. The average molecular weight is 276 g/mol. The first-order valence-electron chi connectivity index (χ1n) is 6.61. The Morgan fingerprint density at radius 3 is 2.21 bits per heavy atom. The summed E-state index contributed by atoms with van der Waals surface area (Å²) >= 11 is 1.81. The van der Waals surface area contributed by atoms with Crippen molar-refractivity contribution in [3.8, 4) is 0 Å². The van der Waals surface area contributed by atoms with Gasteiger partial charge in [0, 0.05) is 10.6 Å². The van der Waals surface area contributed by atoms with Crippen molar-refractivity contribution in [1.82, 2.24) is 0 Å². The monoisotopic (exact) mass is 276 g/mol. The van der Waals surface area contributed by atoms with Crippen LogP contribution in [0.15, 0.2) is 47.3 Å². The molecule has 0 spiro atoms. The number of thioether (sulfide) groups is 1. The molecule has 1 aliphatic rings. The zero-order valence-electron chi connectivity index (χ0n) is 12.1. The Morgan fingerprint density at radius 1 is 1.05 bits per heavy atom. The summed E-state index contributed by atoms with van der Waals surface area (Å²) in [4.78, 5) is 1.28. The normalized spacial score (nSPS) is 21.2. The quantitative estimate of drug-likeness (QED) is 0.612. The highest BCUT2D eigenvalue weighted by molar-refractivity contribution is 7.99. The Bertz CT molecular complexity index is 427. The molecule has 0 N–H and O–H groups in total. The molecular weight excluding hydrogens is 255 g/mol. The maximum atomic E-state index is 5.90. The molecule has 1 heterocycles. The van der Waals surface area contributed by atoms with E-state index in [1.165, 1.54) is 4.90 Å². The topological polar surface area (TPSA) is 18.5 Å². The predicted octanol–water partition coefficient (Wildman–Crippen LogP) is 3.97. The Hall–Kier alpha value is -0.705. The fourth-order valence-corrected chi connectivity index (χ4v) is 2.54. The van der Waals surface area contributed by atoms with Gasteiger partial charge in [-0.15, -0.1) is 11.8 Å². The van der Waals surface area contributed by atoms with Crippen LogP contribution in [0.3, 0.4) is 0 Å². The second kappa shape index (κ2) is 5.74. The lowest BCUT2D eigenvalue weighted by atomic mass is 9.90. The fourth-order valence-electron chi connectivity index (χ4n) is 1.79. The second-order valence-corrected chi connectivity index (χ2v) is 6.77. The minimum atomic E-state index is -0.255. The van der Waals surface area contributed by atoms with Gasteiger partial charge in [0.05, 0.1) is 11.2 Å². The molecule has 2 nitrogen and oxygen atoms in total. The zero-order valence-corrected chi connectivity index (χ0v) is 12.9. The molecule has 1 aromatic carbocycles. The van der Waals surface area contributed by atoms with E-state index in [2.05, 4.69) is 58.0 Å². The largest absolute Gasteiger partial charge is 0.486 e. The highest BCUT2D eigenvalue weighted by Gasteiger charge is 2.49. The lowest BCUT2D eigenvalue weighted by Crippen LogP contribution is -2.41. The minimum Gasteiger partial charge on any atom is -0.400 e. The van der Waals surface area contributed by atoms with E-state index in [-0.39, 0.29) is 18.3 Å². The molecule has 0 unspecified atom stereocenters. The number of hydrogen-bond donors (Lipinski definition) is 0. The molecule has 0 aliphatic carbocycles. The molecule has 1 aliphatic heterocycles. The average Bonchev–Trinajstić information content (AvgIpc) is 2.55. The van der Waals surface area contributed by atoms with E-state index in [1.54, 1.807) is 11.8 Å². The lowest BCUT2D eigenvalue weighted by Gasteiger charge is -2.32. The van der Waals surface area contributed by atoms with Gasteiger partial charge < -0.3 is 9.31 Å². The fraction of sp³-hybridized carbons (Fsp3) is 0.467. The molecule has 102 valence electrons. The van der Waals surface area contributed by atoms with Crippen molar-refractivity contribution in [3.63, 3.8) is 0 Å². The van der Waals surface area contributed by atoms with Gasteiger partial charge in [0.1, 0.15) is 0 Å². The molecule has 0 bridgehead atoms. The van der Waals surface area contributed by atoms with Crippen molar-refractivity contribution >= 4 is 18.9 Å². The van der Waals surface area contributed by atoms with Gasteiger partial charge in [-0.05, 0) is 39.8 Å². The zero-order chi connectivity index (χ0) is 13.9. The molecule has 0 atom stereocenters. The van der Waals surface area contributed by atoms with Crippen LogP contribution in [0.5, 0.6) is 0 Å². The third-order valence-electron chi connectivity index (χ3n) is 3.65. The van der Waals surface area contributed by atoms with E-state index in [0.717, 1.165) is 5.75 Å². The first-order chi connectivity index (χ1) is 8.91. The van der Waals surface area contributed by atoms with Crippen molar-refractivity contribution < 1.29 is 9.31 Å². The molecule has 0 radical (unpaired) electrons. The molecule has 0 saturated carbocycles. The van der Waals surface area contributed by atoms with Gasteiger partial charge in [0.25, 0.3) is 0 Å². The molecule has 4 heteroatoms. The summed E-state index contributed by atoms with van der Waals surface area (Å²) < 4.78 is 11.8. The molecule has 0 aromatic heterocycles. The van der Waals surface area contributed by atoms with Gasteiger partial charge in [-0.2, -0.15) is 0 Å². The Kier molecular flexibility index (Phi) is 4.44. The number of hydrogen-bond acceptors (Lipinski definition) is 3. The summed E-state index contributed by atoms with van der Waals surface area (Å²) in [6, 6.07) is 10.4. The highest BCUT2D eigenvalue weighted by atomic mass is 32.2. The maximum absolute atomic E-state index is 5.90. The van der Waals surface area contributed by atoms with Crippen LogP contribution < -0.4 is 0 Å². The summed E-state index contributed by atoms with van der Waals surface area (Å²) in [7, 11) is -0.235. The molecular formula is C15H21BO2S. The van der Waals surface area contributed by atoms with Gasteiger partial charge in [-0.25, -0.2) is 0 Å². The smallest absolute Gasteiger partial charge is 0.400 e. The van der Waals surface area contributed by atoms with E-state index in [0.29, 0.717) is 0 Å². The Labute approximate surface area is 120 Å². The Balaban J connectivity index is 1.82. The SMILES string of the molecule is CC1(C)OB(/C=C/CSc2ccccc2)OC1(C)C. The van der Waals surface area contributed by atoms with Crippen LogP contribution >= 0.6 is 11.8 Å². The van der Waals surface area contributed by atoms with E-state index in [4.69, 9.17) is 9.31 Å². The van der Waals surface area contributed by atoms with E-state index >= 15 is 0 Å². The molecule has 1 aromatic rings. The third-order valence-corrected chi connectivity index (χ3v) is 4.62. The predicted molar refractivity (Wildman–Crippen MR) is 82.4 cm³/mol. The number of benzene rings is 1. The highest BCUT2D eigenvalue weighted by Crippen LogP contribution is 2.36. The molecule has 0 amide bonds. The lowest BCUT2D eigenvalue weighted by molar-refractivity contribution is 0.00578. The van der Waals surface area contributed by atoms with Crippen LogP contribution in [-0.2, 0) is 9.31 Å². The van der Waals surface area contributed by atoms with E-state index < -0.39 is 0 Å². The molecule has 1 fully saturated rings. The first-order valence-corrected chi connectivity index (χ1v) is 7.59. The van der Waals surface area contributed by atoms with Crippen LogP contribution in [0, 0.1) is 0 Å². The van der Waals surface area contributed by atoms with Gasteiger partial charge in [-0.1, -0.05) is 30.3 Å². The summed E-state index contributed by atoms with van der Waals surface area (Å²) in [5.41, 5.74) is -0.511. The van der Waals surface area contributed by atoms with Crippen LogP contribution in [0.25, 0.3) is 0 Å². The summed E-state index contributed by atoms with van der Waals surface area (Å²) in [5.74, 6) is 2.93. The van der Waals surface area contributed by atoms with E-state index in [1.807, 2.05) is 12.0 Å². The third kappa shape index (κ3) is 3.65. The summed E-state index contributed by atoms with van der Waals surface area (Å²) in [6.45, 7) is 8.28. The summed E-state index contributed by atoms with van der Waals surface area (Å²) in [6.07, 6.45) is 2.11. The van der Waals surface area contributed by atoms with E-state index in [9.17, 15) is 0 Å². The van der Waals surface area contributed by atoms with Gasteiger partial charge in [-0.3, -0.25) is 0 Å². The van der Waals surface area contributed by atoms with Crippen LogP contribution in [0.1, 0.15) is 27.7 Å². The van der Waals surface area contributed by atoms with Gasteiger partial charge >= 0.3 is 7.12 Å². The van der Waals surface area contributed by atoms with Crippen molar-refractivity contribution in [3.05, 3.63) is 42.4 Å². The van der Waals surface area contributed by atoms with Crippen molar-refractivity contribution in [2.75, 3.05) is 5.75 Å². The van der Waals surface area contributed by atoms with Crippen LogP contribution in [0.4, 0.5) is 0 Å². The maximum Gasteiger partial charge on any atom is 0.486 e. The van der Waals surface area contributed by atoms with Crippen LogP contribution in [-0.4, -0.2) is 24.1 Å². The Morgan fingerprint density at radius 2 is 1.63 bits per heavy atom. The van der Waals surface area contributed by atoms with Gasteiger partial charge in [0.15, 0.2) is 0 Å². The van der Waals surface area contributed by atoms with Crippen LogP contribution in [0.2, 0.25) is 0 Å². The second-order valence-electron chi connectivity index (χ2n) is 5.68. The first kappa shape index (κ1) is 14.7. The number of rotatable bonds is 4. The molecule has 1 saturated heterocycles.